The summed E-state index contributed by atoms with van der Waals surface area (Å²) >= 11 is 0. The molecule has 0 heterocycles. The van der Waals surface area contributed by atoms with Gasteiger partial charge in [0.1, 0.15) is 5.60 Å². The van der Waals surface area contributed by atoms with E-state index in [4.69, 9.17) is 4.74 Å². The number of alkyl carbamates (subject to hydrolysis) is 1. The Hall–Kier alpha value is -1.59. The Morgan fingerprint density at radius 1 is 1.13 bits per heavy atom. The molecule has 23 heavy (non-hydrogen) atoms. The number of rotatable bonds is 8. The molecule has 0 bridgehead atoms. The average Bonchev–Trinajstić information content (AvgIpc) is 2.41. The summed E-state index contributed by atoms with van der Waals surface area (Å²) in [6.45, 7) is 8.83. The molecule has 0 saturated carbocycles. The number of hydrogen-bond acceptors (Lipinski definition) is 4. The second-order valence-electron chi connectivity index (χ2n) is 6.97. The smallest absolute Gasteiger partial charge is 0.407 e. The van der Waals surface area contributed by atoms with Crippen LogP contribution in [0.15, 0.2) is 24.3 Å². The van der Waals surface area contributed by atoms with Crippen LogP contribution in [0.3, 0.4) is 0 Å². The quantitative estimate of drug-likeness (QED) is 0.723. The van der Waals surface area contributed by atoms with Gasteiger partial charge in [0.15, 0.2) is 0 Å². The molecule has 2 N–H and O–H groups in total. The first-order valence-electron chi connectivity index (χ1n) is 8.17. The van der Waals surface area contributed by atoms with E-state index in [9.17, 15) is 4.79 Å². The van der Waals surface area contributed by atoms with E-state index in [0.29, 0.717) is 6.54 Å². The van der Waals surface area contributed by atoms with E-state index in [1.165, 1.54) is 11.1 Å². The van der Waals surface area contributed by atoms with E-state index >= 15 is 0 Å². The van der Waals surface area contributed by atoms with Crippen molar-refractivity contribution in [3.63, 3.8) is 0 Å². The topological polar surface area (TPSA) is 53.6 Å². The maximum Gasteiger partial charge on any atom is 0.407 e. The van der Waals surface area contributed by atoms with Gasteiger partial charge >= 0.3 is 6.09 Å². The minimum atomic E-state index is -0.446. The Labute approximate surface area is 140 Å². The van der Waals surface area contributed by atoms with Crippen LogP contribution in [-0.4, -0.2) is 43.8 Å². The highest BCUT2D eigenvalue weighted by atomic mass is 16.6. The SMILES string of the molecule is CN(C)Cc1ccccc1CNCCCNC(=O)OC(C)(C)C. The van der Waals surface area contributed by atoms with Crippen LogP contribution in [0.5, 0.6) is 0 Å². The summed E-state index contributed by atoms with van der Waals surface area (Å²) < 4.78 is 5.19. The Balaban J connectivity index is 2.22. The maximum atomic E-state index is 11.5. The molecule has 0 saturated heterocycles. The van der Waals surface area contributed by atoms with Crippen molar-refractivity contribution in [1.82, 2.24) is 15.5 Å². The Bertz CT molecular complexity index is 481. The van der Waals surface area contributed by atoms with Gasteiger partial charge in [-0.2, -0.15) is 0 Å². The lowest BCUT2D eigenvalue weighted by Crippen LogP contribution is -2.33. The molecule has 0 spiro atoms. The zero-order valence-electron chi connectivity index (χ0n) is 15.1. The van der Waals surface area contributed by atoms with Crippen LogP contribution in [0.25, 0.3) is 0 Å². The van der Waals surface area contributed by atoms with Gasteiger partial charge in [0, 0.05) is 19.6 Å². The van der Waals surface area contributed by atoms with Gasteiger partial charge in [-0.1, -0.05) is 24.3 Å². The van der Waals surface area contributed by atoms with Gasteiger partial charge in [-0.25, -0.2) is 4.79 Å². The summed E-state index contributed by atoms with van der Waals surface area (Å²) in [7, 11) is 4.15. The highest BCUT2D eigenvalue weighted by Gasteiger charge is 2.15. The van der Waals surface area contributed by atoms with Gasteiger partial charge < -0.3 is 20.3 Å². The molecule has 1 rings (SSSR count). The molecular formula is C18H31N3O2. The van der Waals surface area contributed by atoms with Crippen LogP contribution in [-0.2, 0) is 17.8 Å². The summed E-state index contributed by atoms with van der Waals surface area (Å²) in [6, 6.07) is 8.47. The monoisotopic (exact) mass is 321 g/mol. The van der Waals surface area contributed by atoms with E-state index in [1.54, 1.807) is 0 Å². The highest BCUT2D eigenvalue weighted by Crippen LogP contribution is 2.10. The van der Waals surface area contributed by atoms with Gasteiger partial charge in [0.05, 0.1) is 0 Å². The normalized spacial score (nSPS) is 11.6. The van der Waals surface area contributed by atoms with Crippen molar-refractivity contribution in [3.05, 3.63) is 35.4 Å². The highest BCUT2D eigenvalue weighted by molar-refractivity contribution is 5.67. The zero-order chi connectivity index (χ0) is 17.3. The second-order valence-corrected chi connectivity index (χ2v) is 6.97. The predicted molar refractivity (Wildman–Crippen MR) is 94.4 cm³/mol. The lowest BCUT2D eigenvalue weighted by atomic mass is 10.1. The van der Waals surface area contributed by atoms with Crippen molar-refractivity contribution in [1.29, 1.82) is 0 Å². The second kappa shape index (κ2) is 9.53. The van der Waals surface area contributed by atoms with Crippen LogP contribution in [0.2, 0.25) is 0 Å². The molecule has 1 aromatic carbocycles. The molecule has 0 aliphatic carbocycles. The van der Waals surface area contributed by atoms with Crippen molar-refractivity contribution in [3.8, 4) is 0 Å². The van der Waals surface area contributed by atoms with Crippen LogP contribution in [0, 0.1) is 0 Å². The first-order valence-corrected chi connectivity index (χ1v) is 8.17. The fourth-order valence-corrected chi connectivity index (χ4v) is 2.17. The van der Waals surface area contributed by atoms with Crippen molar-refractivity contribution >= 4 is 6.09 Å². The molecule has 0 atom stereocenters. The van der Waals surface area contributed by atoms with Crippen molar-refractivity contribution in [2.45, 2.75) is 45.9 Å². The third kappa shape index (κ3) is 9.21. The summed E-state index contributed by atoms with van der Waals surface area (Å²) in [5.41, 5.74) is 2.22. The first kappa shape index (κ1) is 19.5. The van der Waals surface area contributed by atoms with E-state index in [0.717, 1.165) is 26.1 Å². The standard InChI is InChI=1S/C18H31N3O2/c1-18(2,3)23-17(22)20-12-8-11-19-13-15-9-6-7-10-16(15)14-21(4)5/h6-7,9-10,19H,8,11-14H2,1-5H3,(H,20,22). The van der Waals surface area contributed by atoms with Crippen molar-refractivity contribution in [2.75, 3.05) is 27.2 Å². The third-order valence-corrected chi connectivity index (χ3v) is 3.12. The Morgan fingerprint density at radius 3 is 2.39 bits per heavy atom. The predicted octanol–water partition coefficient (Wildman–Crippen LogP) is 2.75. The molecule has 130 valence electrons. The fourth-order valence-electron chi connectivity index (χ4n) is 2.17. The van der Waals surface area contributed by atoms with Crippen LogP contribution in [0.1, 0.15) is 38.3 Å². The molecule has 5 heteroatoms. The number of ether oxygens (including phenoxy) is 1. The number of nitrogens with zero attached hydrogens (tertiary/aromatic N) is 1. The van der Waals surface area contributed by atoms with E-state index in [-0.39, 0.29) is 6.09 Å². The number of amides is 1. The Morgan fingerprint density at radius 2 is 1.78 bits per heavy atom. The van der Waals surface area contributed by atoms with Gasteiger partial charge in [-0.3, -0.25) is 0 Å². The number of benzene rings is 1. The first-order chi connectivity index (χ1) is 10.8. The van der Waals surface area contributed by atoms with Gasteiger partial charge in [0.25, 0.3) is 0 Å². The van der Waals surface area contributed by atoms with Gasteiger partial charge in [-0.15, -0.1) is 0 Å². The Kier molecular flexibility index (Phi) is 8.06. The molecule has 1 amide bonds. The summed E-state index contributed by atoms with van der Waals surface area (Å²) in [5, 5.41) is 6.19. The van der Waals surface area contributed by atoms with E-state index < -0.39 is 5.60 Å². The molecule has 0 radical (unpaired) electrons. The molecule has 0 fully saturated rings. The molecule has 0 aromatic heterocycles. The van der Waals surface area contributed by atoms with Crippen LogP contribution < -0.4 is 10.6 Å². The van der Waals surface area contributed by atoms with Crippen LogP contribution in [0.4, 0.5) is 4.79 Å². The fraction of sp³-hybridized carbons (Fsp3) is 0.611. The number of hydrogen-bond donors (Lipinski definition) is 2. The molecule has 0 aliphatic heterocycles. The minimum Gasteiger partial charge on any atom is -0.444 e. The summed E-state index contributed by atoms with van der Waals surface area (Å²) in [4.78, 5) is 13.7. The summed E-state index contributed by atoms with van der Waals surface area (Å²) in [5.74, 6) is 0. The summed E-state index contributed by atoms with van der Waals surface area (Å²) in [6.07, 6.45) is 0.517. The number of carbonyl (C=O) groups excluding carboxylic acids is 1. The maximum absolute atomic E-state index is 11.5. The minimum absolute atomic E-state index is 0.353. The number of carbonyl (C=O) groups is 1. The van der Waals surface area contributed by atoms with Crippen molar-refractivity contribution < 1.29 is 9.53 Å². The average molecular weight is 321 g/mol. The lowest BCUT2D eigenvalue weighted by Gasteiger charge is -2.19. The van der Waals surface area contributed by atoms with E-state index in [1.807, 2.05) is 20.8 Å². The van der Waals surface area contributed by atoms with Gasteiger partial charge in [0.2, 0.25) is 0 Å². The third-order valence-electron chi connectivity index (χ3n) is 3.12. The lowest BCUT2D eigenvalue weighted by molar-refractivity contribution is 0.0527. The zero-order valence-corrected chi connectivity index (χ0v) is 15.1. The van der Waals surface area contributed by atoms with E-state index in [2.05, 4.69) is 53.9 Å². The van der Waals surface area contributed by atoms with Gasteiger partial charge in [-0.05, 0) is 59.0 Å². The molecule has 0 aliphatic rings. The largest absolute Gasteiger partial charge is 0.444 e. The van der Waals surface area contributed by atoms with Crippen LogP contribution >= 0.6 is 0 Å². The molecular weight excluding hydrogens is 290 g/mol. The number of nitrogens with one attached hydrogen (secondary N) is 2. The molecule has 0 unspecified atom stereocenters. The van der Waals surface area contributed by atoms with Crippen molar-refractivity contribution in [2.24, 2.45) is 0 Å². The molecule has 5 nitrogen and oxygen atoms in total. The molecule has 1 aromatic rings.